The van der Waals surface area contributed by atoms with E-state index in [0.717, 1.165) is 16.1 Å². The molecule has 0 radical (unpaired) electrons. The van der Waals surface area contributed by atoms with Crippen molar-refractivity contribution in [3.05, 3.63) is 88.6 Å². The number of ether oxygens (including phenoxy) is 1. The fourth-order valence-corrected chi connectivity index (χ4v) is 4.64. The normalized spacial score (nSPS) is 16.3. The molecule has 0 spiro atoms. The SMILES string of the molecule is CO/C=C/c1ccc(Cl)cc1-c1ccc2c(c1)C(C)(C)C(C)(C)c1ccccc1-2. The Labute approximate surface area is 179 Å². The minimum Gasteiger partial charge on any atom is -0.504 e. The molecule has 3 aromatic carbocycles. The van der Waals surface area contributed by atoms with E-state index in [1.807, 2.05) is 24.3 Å². The van der Waals surface area contributed by atoms with E-state index in [2.05, 4.69) is 70.2 Å². The molecule has 1 aliphatic carbocycles. The van der Waals surface area contributed by atoms with E-state index in [1.165, 1.54) is 27.8 Å². The maximum Gasteiger partial charge on any atom is 0.0830 e. The summed E-state index contributed by atoms with van der Waals surface area (Å²) in [5, 5.41) is 0.734. The number of methoxy groups -OCH3 is 1. The highest BCUT2D eigenvalue weighted by Crippen LogP contribution is 2.54. The second-order valence-corrected chi connectivity index (χ2v) is 9.26. The first-order valence-electron chi connectivity index (χ1n) is 10.0. The van der Waals surface area contributed by atoms with Gasteiger partial charge in [0.1, 0.15) is 0 Å². The van der Waals surface area contributed by atoms with E-state index in [9.17, 15) is 0 Å². The zero-order valence-electron chi connectivity index (χ0n) is 17.7. The van der Waals surface area contributed by atoms with Gasteiger partial charge in [-0.05, 0) is 74.0 Å². The van der Waals surface area contributed by atoms with E-state index >= 15 is 0 Å². The Morgan fingerprint density at radius 1 is 0.759 bits per heavy atom. The molecule has 0 atom stereocenters. The molecule has 2 heteroatoms. The molecule has 1 aliphatic rings. The number of hydrogen-bond donors (Lipinski definition) is 0. The van der Waals surface area contributed by atoms with Gasteiger partial charge in [-0.1, -0.05) is 81.8 Å². The third-order valence-corrected chi connectivity index (χ3v) is 7.09. The highest BCUT2D eigenvalue weighted by Gasteiger charge is 2.45. The van der Waals surface area contributed by atoms with Crippen molar-refractivity contribution in [3.8, 4) is 22.3 Å². The number of benzene rings is 3. The van der Waals surface area contributed by atoms with Crippen molar-refractivity contribution in [2.45, 2.75) is 38.5 Å². The predicted molar refractivity (Wildman–Crippen MR) is 124 cm³/mol. The van der Waals surface area contributed by atoms with E-state index < -0.39 is 0 Å². The molecule has 0 fully saturated rings. The smallest absolute Gasteiger partial charge is 0.0830 e. The minimum absolute atomic E-state index is 0.0162. The molecule has 0 aliphatic heterocycles. The standard InChI is InChI=1S/C27H27ClO/c1-26(2)24-9-7-6-8-21(24)22-13-11-19(16-25(22)27(26,3)4)23-17-20(28)12-10-18(23)14-15-29-5/h6-17H,1-5H3/b15-14+. The van der Waals surface area contributed by atoms with Crippen LogP contribution in [0.3, 0.4) is 0 Å². The molecule has 1 nitrogen and oxygen atoms in total. The summed E-state index contributed by atoms with van der Waals surface area (Å²) >= 11 is 6.36. The van der Waals surface area contributed by atoms with Crippen LogP contribution < -0.4 is 0 Å². The van der Waals surface area contributed by atoms with Crippen LogP contribution in [0.25, 0.3) is 28.3 Å². The minimum atomic E-state index is -0.0200. The summed E-state index contributed by atoms with van der Waals surface area (Å²) in [7, 11) is 1.66. The van der Waals surface area contributed by atoms with E-state index in [0.29, 0.717) is 0 Å². The molecule has 0 heterocycles. The van der Waals surface area contributed by atoms with E-state index in [-0.39, 0.29) is 10.8 Å². The topological polar surface area (TPSA) is 9.23 Å². The van der Waals surface area contributed by atoms with Crippen molar-refractivity contribution in [2.24, 2.45) is 0 Å². The van der Waals surface area contributed by atoms with Crippen LogP contribution in [0.2, 0.25) is 5.02 Å². The third-order valence-electron chi connectivity index (χ3n) is 6.86. The lowest BCUT2D eigenvalue weighted by atomic mass is 9.55. The van der Waals surface area contributed by atoms with Crippen LogP contribution in [0.1, 0.15) is 44.4 Å². The fourth-order valence-electron chi connectivity index (χ4n) is 4.47. The van der Waals surface area contributed by atoms with Gasteiger partial charge in [0.2, 0.25) is 0 Å². The quantitative estimate of drug-likeness (QED) is 0.405. The van der Waals surface area contributed by atoms with Crippen molar-refractivity contribution in [2.75, 3.05) is 7.11 Å². The van der Waals surface area contributed by atoms with E-state index in [1.54, 1.807) is 13.4 Å². The largest absolute Gasteiger partial charge is 0.504 e. The van der Waals surface area contributed by atoms with Crippen LogP contribution in [0.4, 0.5) is 0 Å². The van der Waals surface area contributed by atoms with Gasteiger partial charge < -0.3 is 4.74 Å². The van der Waals surface area contributed by atoms with Gasteiger partial charge in [0.25, 0.3) is 0 Å². The second kappa shape index (κ2) is 7.07. The maximum absolute atomic E-state index is 6.36. The number of hydrogen-bond acceptors (Lipinski definition) is 1. The average Bonchev–Trinajstić information content (AvgIpc) is 2.71. The van der Waals surface area contributed by atoms with Gasteiger partial charge in [0.15, 0.2) is 0 Å². The summed E-state index contributed by atoms with van der Waals surface area (Å²) in [6.45, 7) is 9.42. The van der Waals surface area contributed by atoms with Crippen molar-refractivity contribution in [3.63, 3.8) is 0 Å². The lowest BCUT2D eigenvalue weighted by Crippen LogP contribution is -2.43. The summed E-state index contributed by atoms with van der Waals surface area (Å²) in [4.78, 5) is 0. The Hall–Kier alpha value is -2.51. The molecule has 0 aromatic heterocycles. The summed E-state index contributed by atoms with van der Waals surface area (Å²) in [5.41, 5.74) is 8.82. The van der Waals surface area contributed by atoms with Gasteiger partial charge in [-0.15, -0.1) is 0 Å². The number of halogens is 1. The molecular formula is C27H27ClO. The van der Waals surface area contributed by atoms with Gasteiger partial charge >= 0.3 is 0 Å². The Balaban J connectivity index is 1.96. The van der Waals surface area contributed by atoms with Crippen molar-refractivity contribution < 1.29 is 4.74 Å². The van der Waals surface area contributed by atoms with Gasteiger partial charge in [-0.2, -0.15) is 0 Å². The molecule has 3 aromatic rings. The summed E-state index contributed by atoms with van der Waals surface area (Å²) < 4.78 is 5.14. The van der Waals surface area contributed by atoms with Crippen LogP contribution >= 0.6 is 11.6 Å². The first-order valence-corrected chi connectivity index (χ1v) is 10.4. The molecule has 0 saturated carbocycles. The highest BCUT2D eigenvalue weighted by atomic mass is 35.5. The molecule has 0 saturated heterocycles. The van der Waals surface area contributed by atoms with Crippen LogP contribution in [0.5, 0.6) is 0 Å². The lowest BCUT2D eigenvalue weighted by Gasteiger charge is -2.48. The Bertz CT molecular complexity index is 1110. The van der Waals surface area contributed by atoms with Crippen LogP contribution in [0.15, 0.2) is 66.9 Å². The Morgan fingerprint density at radius 3 is 2.21 bits per heavy atom. The summed E-state index contributed by atoms with van der Waals surface area (Å²) in [6.07, 6.45) is 3.68. The first-order chi connectivity index (χ1) is 13.8. The molecule has 148 valence electrons. The number of rotatable bonds is 3. The van der Waals surface area contributed by atoms with Crippen LogP contribution in [-0.2, 0) is 15.6 Å². The van der Waals surface area contributed by atoms with Crippen molar-refractivity contribution >= 4 is 17.7 Å². The van der Waals surface area contributed by atoms with Crippen molar-refractivity contribution in [1.29, 1.82) is 0 Å². The van der Waals surface area contributed by atoms with Crippen LogP contribution in [0, 0.1) is 0 Å². The van der Waals surface area contributed by atoms with Gasteiger partial charge in [-0.25, -0.2) is 0 Å². The molecule has 4 rings (SSSR count). The monoisotopic (exact) mass is 402 g/mol. The molecule has 29 heavy (non-hydrogen) atoms. The maximum atomic E-state index is 6.36. The third kappa shape index (κ3) is 3.09. The molecular weight excluding hydrogens is 376 g/mol. The second-order valence-electron chi connectivity index (χ2n) is 8.83. The zero-order chi connectivity index (χ0) is 20.8. The van der Waals surface area contributed by atoms with Gasteiger partial charge in [-0.3, -0.25) is 0 Å². The Kier molecular flexibility index (Phi) is 4.83. The molecule has 0 unspecified atom stereocenters. The Morgan fingerprint density at radius 2 is 1.45 bits per heavy atom. The lowest BCUT2D eigenvalue weighted by molar-refractivity contribution is 0.299. The average molecular weight is 403 g/mol. The summed E-state index contributed by atoms with van der Waals surface area (Å²) in [6, 6.07) is 21.6. The number of fused-ring (bicyclic) bond motifs is 3. The van der Waals surface area contributed by atoms with E-state index in [4.69, 9.17) is 16.3 Å². The fraction of sp³-hybridized carbons (Fsp3) is 0.259. The highest BCUT2D eigenvalue weighted by molar-refractivity contribution is 6.31. The molecule has 0 N–H and O–H groups in total. The zero-order valence-corrected chi connectivity index (χ0v) is 18.5. The van der Waals surface area contributed by atoms with Crippen molar-refractivity contribution in [1.82, 2.24) is 0 Å². The summed E-state index contributed by atoms with van der Waals surface area (Å²) in [5.74, 6) is 0. The van der Waals surface area contributed by atoms with Gasteiger partial charge in [0, 0.05) is 5.02 Å². The van der Waals surface area contributed by atoms with Crippen LogP contribution in [-0.4, -0.2) is 7.11 Å². The first kappa shape index (κ1) is 19.8. The predicted octanol–water partition coefficient (Wildman–Crippen LogP) is 7.86. The molecule has 0 bridgehead atoms. The van der Waals surface area contributed by atoms with Gasteiger partial charge in [0.05, 0.1) is 13.4 Å². The molecule has 0 amide bonds.